The molecule has 23 heavy (non-hydrogen) atoms. The Balaban J connectivity index is 1.85. The number of aromatic nitrogens is 3. The molecule has 0 radical (unpaired) electrons. The van der Waals surface area contributed by atoms with Gasteiger partial charge in [0.1, 0.15) is 12.2 Å². The van der Waals surface area contributed by atoms with Crippen LogP contribution < -0.4 is 10.6 Å². The summed E-state index contributed by atoms with van der Waals surface area (Å²) in [5, 5.41) is 12.2. The quantitative estimate of drug-likeness (QED) is 0.727. The number of carbonyl (C=O) groups excluding carboxylic acids is 2. The van der Waals surface area contributed by atoms with E-state index in [9.17, 15) is 9.59 Å². The topological polar surface area (TPSA) is 99.8 Å². The molecule has 0 unspecified atom stereocenters. The summed E-state index contributed by atoms with van der Waals surface area (Å²) >= 11 is 0. The number of carbonyl (C=O) groups is 2. The molecule has 0 aliphatic rings. The minimum Gasteiger partial charge on any atom is -0.346 e. The average molecular weight is 315 g/mol. The summed E-state index contributed by atoms with van der Waals surface area (Å²) in [6.07, 6.45) is 2.99. The molecule has 1 atom stereocenters. The largest absolute Gasteiger partial charge is 0.346 e. The highest BCUT2D eigenvalue weighted by atomic mass is 16.2. The zero-order valence-corrected chi connectivity index (χ0v) is 13.3. The Morgan fingerprint density at radius 3 is 2.57 bits per heavy atom. The predicted octanol–water partition coefficient (Wildman–Crippen LogP) is 1.96. The Labute approximate surface area is 134 Å². The van der Waals surface area contributed by atoms with E-state index in [1.54, 1.807) is 12.1 Å². The number of H-pyrrole nitrogens is 1. The first kappa shape index (κ1) is 16.7. The molecule has 0 fully saturated rings. The van der Waals surface area contributed by atoms with Crippen LogP contribution in [0.25, 0.3) is 0 Å². The van der Waals surface area contributed by atoms with Crippen molar-refractivity contribution >= 4 is 17.5 Å². The van der Waals surface area contributed by atoms with Crippen molar-refractivity contribution in [3.05, 3.63) is 42.0 Å². The van der Waals surface area contributed by atoms with E-state index in [1.165, 1.54) is 6.33 Å². The molecule has 0 aliphatic heterocycles. The number of aromatic amines is 1. The molecule has 2 amide bonds. The maximum absolute atomic E-state index is 12.0. The molecule has 1 aromatic carbocycles. The summed E-state index contributed by atoms with van der Waals surface area (Å²) in [5.41, 5.74) is 1.61. The van der Waals surface area contributed by atoms with E-state index in [-0.39, 0.29) is 24.3 Å². The fourth-order valence-corrected chi connectivity index (χ4v) is 2.13. The minimum atomic E-state index is -0.224. The van der Waals surface area contributed by atoms with Crippen LogP contribution in [0.1, 0.15) is 44.1 Å². The smallest absolute Gasteiger partial charge is 0.224 e. The van der Waals surface area contributed by atoms with Crippen molar-refractivity contribution in [3.8, 4) is 0 Å². The number of anilines is 1. The van der Waals surface area contributed by atoms with Crippen LogP contribution in [0, 0.1) is 0 Å². The number of amides is 2. The Morgan fingerprint density at radius 2 is 1.96 bits per heavy atom. The lowest BCUT2D eigenvalue weighted by Gasteiger charge is -2.11. The van der Waals surface area contributed by atoms with Crippen LogP contribution in [0.3, 0.4) is 0 Å². The fourth-order valence-electron chi connectivity index (χ4n) is 2.13. The molecule has 0 saturated carbocycles. The second-order valence-corrected chi connectivity index (χ2v) is 5.33. The van der Waals surface area contributed by atoms with Gasteiger partial charge in [0.05, 0.1) is 12.5 Å². The van der Waals surface area contributed by atoms with Gasteiger partial charge < -0.3 is 10.6 Å². The molecule has 7 heteroatoms. The van der Waals surface area contributed by atoms with Gasteiger partial charge in [-0.05, 0) is 31.0 Å². The first-order valence-corrected chi connectivity index (χ1v) is 7.62. The minimum absolute atomic E-state index is 0.00104. The molecule has 0 aliphatic carbocycles. The summed E-state index contributed by atoms with van der Waals surface area (Å²) < 4.78 is 0. The molecule has 122 valence electrons. The molecule has 3 N–H and O–H groups in total. The molecular formula is C16H21N5O2. The van der Waals surface area contributed by atoms with Crippen molar-refractivity contribution in [2.24, 2.45) is 0 Å². The number of hydrogen-bond acceptors (Lipinski definition) is 4. The normalized spacial score (nSPS) is 11.7. The van der Waals surface area contributed by atoms with Crippen LogP contribution in [0.15, 0.2) is 30.6 Å². The number of nitrogens with one attached hydrogen (secondary N) is 3. The maximum Gasteiger partial charge on any atom is 0.224 e. The third kappa shape index (κ3) is 5.21. The number of rotatable bonds is 7. The van der Waals surface area contributed by atoms with E-state index in [1.807, 2.05) is 26.0 Å². The van der Waals surface area contributed by atoms with Crippen LogP contribution in [0.2, 0.25) is 0 Å². The van der Waals surface area contributed by atoms with Crippen LogP contribution >= 0.6 is 0 Å². The summed E-state index contributed by atoms with van der Waals surface area (Å²) in [5.74, 6) is 0.517. The van der Waals surface area contributed by atoms with E-state index in [0.717, 1.165) is 17.7 Å². The molecule has 1 aromatic heterocycles. The number of hydrogen-bond donors (Lipinski definition) is 3. The molecule has 2 aromatic rings. The van der Waals surface area contributed by atoms with Gasteiger partial charge in [0.25, 0.3) is 0 Å². The van der Waals surface area contributed by atoms with E-state index in [4.69, 9.17) is 0 Å². The van der Waals surface area contributed by atoms with Crippen LogP contribution in [-0.2, 0) is 16.0 Å². The molecular weight excluding hydrogens is 294 g/mol. The zero-order valence-electron chi connectivity index (χ0n) is 13.3. The fraction of sp³-hybridized carbons (Fsp3) is 0.375. The van der Waals surface area contributed by atoms with Gasteiger partial charge in [0.2, 0.25) is 11.8 Å². The van der Waals surface area contributed by atoms with Gasteiger partial charge in [-0.1, -0.05) is 19.1 Å². The second-order valence-electron chi connectivity index (χ2n) is 5.33. The first-order chi connectivity index (χ1) is 11.1. The summed E-state index contributed by atoms with van der Waals surface area (Å²) in [7, 11) is 0. The summed E-state index contributed by atoms with van der Waals surface area (Å²) in [4.78, 5) is 27.6. The average Bonchev–Trinajstić information content (AvgIpc) is 3.04. The van der Waals surface area contributed by atoms with Crippen LogP contribution in [0.5, 0.6) is 0 Å². The standard InChI is InChI=1S/C16H21N5O2/c1-3-4-14(22)20-13-7-5-12(6-8-13)9-15(23)19-11(2)16-17-10-18-21-16/h5-8,10-11H,3-4,9H2,1-2H3,(H,19,23)(H,20,22)(H,17,18,21)/t11-/m1/s1. The first-order valence-electron chi connectivity index (χ1n) is 7.62. The Kier molecular flexibility index (Phi) is 5.85. The Bertz CT molecular complexity index is 637. The molecule has 2 rings (SSSR count). The van der Waals surface area contributed by atoms with Gasteiger partial charge in [-0.25, -0.2) is 4.98 Å². The molecule has 0 spiro atoms. The van der Waals surface area contributed by atoms with Crippen LogP contribution in [-0.4, -0.2) is 27.0 Å². The van der Waals surface area contributed by atoms with Gasteiger partial charge in [0, 0.05) is 12.1 Å². The molecule has 7 nitrogen and oxygen atoms in total. The highest BCUT2D eigenvalue weighted by Gasteiger charge is 2.12. The van der Waals surface area contributed by atoms with Crippen molar-refractivity contribution < 1.29 is 9.59 Å². The lowest BCUT2D eigenvalue weighted by atomic mass is 10.1. The Morgan fingerprint density at radius 1 is 1.22 bits per heavy atom. The van der Waals surface area contributed by atoms with Gasteiger partial charge in [0.15, 0.2) is 0 Å². The van der Waals surface area contributed by atoms with Gasteiger partial charge >= 0.3 is 0 Å². The molecule has 0 saturated heterocycles. The third-order valence-electron chi connectivity index (χ3n) is 3.30. The summed E-state index contributed by atoms with van der Waals surface area (Å²) in [6, 6.07) is 7.05. The third-order valence-corrected chi connectivity index (χ3v) is 3.30. The Hall–Kier alpha value is -2.70. The van der Waals surface area contributed by atoms with Crippen molar-refractivity contribution in [1.29, 1.82) is 0 Å². The van der Waals surface area contributed by atoms with Crippen LogP contribution in [0.4, 0.5) is 5.69 Å². The SMILES string of the molecule is CCCC(=O)Nc1ccc(CC(=O)N[C@H](C)c2ncn[nH]2)cc1. The highest BCUT2D eigenvalue weighted by Crippen LogP contribution is 2.11. The highest BCUT2D eigenvalue weighted by molar-refractivity contribution is 5.90. The van der Waals surface area contributed by atoms with Crippen molar-refractivity contribution in [2.75, 3.05) is 5.32 Å². The molecule has 1 heterocycles. The van der Waals surface area contributed by atoms with Crippen molar-refractivity contribution in [1.82, 2.24) is 20.5 Å². The molecule has 0 bridgehead atoms. The number of nitrogens with zero attached hydrogens (tertiary/aromatic N) is 2. The second kappa shape index (κ2) is 8.07. The van der Waals surface area contributed by atoms with E-state index in [0.29, 0.717) is 12.2 Å². The maximum atomic E-state index is 12.0. The zero-order chi connectivity index (χ0) is 16.7. The van der Waals surface area contributed by atoms with E-state index < -0.39 is 0 Å². The van der Waals surface area contributed by atoms with Gasteiger partial charge in [-0.3, -0.25) is 14.7 Å². The monoisotopic (exact) mass is 315 g/mol. The summed E-state index contributed by atoms with van der Waals surface area (Å²) in [6.45, 7) is 3.80. The van der Waals surface area contributed by atoms with Gasteiger partial charge in [-0.15, -0.1) is 0 Å². The number of benzene rings is 1. The lowest BCUT2D eigenvalue weighted by molar-refractivity contribution is -0.121. The van der Waals surface area contributed by atoms with E-state index in [2.05, 4.69) is 25.8 Å². The lowest BCUT2D eigenvalue weighted by Crippen LogP contribution is -2.28. The predicted molar refractivity (Wildman–Crippen MR) is 86.6 cm³/mol. The van der Waals surface area contributed by atoms with E-state index >= 15 is 0 Å². The van der Waals surface area contributed by atoms with Gasteiger partial charge in [-0.2, -0.15) is 5.10 Å². The van der Waals surface area contributed by atoms with Crippen molar-refractivity contribution in [3.63, 3.8) is 0 Å². The van der Waals surface area contributed by atoms with Crippen molar-refractivity contribution in [2.45, 2.75) is 39.2 Å².